The van der Waals surface area contributed by atoms with Crippen molar-refractivity contribution in [1.29, 1.82) is 0 Å². The average Bonchev–Trinajstić information content (AvgIpc) is 3.64. The van der Waals surface area contributed by atoms with Gasteiger partial charge in [0.15, 0.2) is 0 Å². The van der Waals surface area contributed by atoms with Crippen LogP contribution in [-0.2, 0) is 11.3 Å². The van der Waals surface area contributed by atoms with Crippen molar-refractivity contribution in [3.8, 4) is 5.69 Å². The van der Waals surface area contributed by atoms with Gasteiger partial charge in [0.2, 0.25) is 0 Å². The molecule has 0 saturated heterocycles. The number of hydrogen-bond acceptors (Lipinski definition) is 4. The zero-order valence-corrected chi connectivity index (χ0v) is 20.2. The standard InChI is InChI=1S/C29H29FN4O2/c1-19-14-27(34(33-19)24-9-5-6-21(15-24)17-31)29(35)32-26-13-12-23(16-25(26)30)28(36-18-20-10-11-20)22-7-3-2-4-8-22/h2-9,12-16,20,28H,10-11,17-18,31H2,1H3,(H,32,35). The number of nitrogens with zero attached hydrogens (tertiary/aromatic N) is 2. The molecule has 36 heavy (non-hydrogen) atoms. The number of ether oxygens (including phenoxy) is 1. The molecule has 4 aromatic rings. The Morgan fingerprint density at radius 2 is 1.89 bits per heavy atom. The van der Waals surface area contributed by atoms with E-state index in [0.717, 1.165) is 11.1 Å². The molecule has 1 amide bonds. The molecule has 184 valence electrons. The van der Waals surface area contributed by atoms with Crippen molar-refractivity contribution in [2.45, 2.75) is 32.4 Å². The molecule has 1 aliphatic rings. The predicted molar refractivity (Wildman–Crippen MR) is 138 cm³/mol. The Kier molecular flexibility index (Phi) is 6.93. The van der Waals surface area contributed by atoms with E-state index in [9.17, 15) is 4.79 Å². The van der Waals surface area contributed by atoms with Crippen LogP contribution in [0.2, 0.25) is 0 Å². The van der Waals surface area contributed by atoms with E-state index in [4.69, 9.17) is 10.5 Å². The molecule has 1 aromatic heterocycles. The summed E-state index contributed by atoms with van der Waals surface area (Å²) >= 11 is 0. The third kappa shape index (κ3) is 5.37. The molecule has 1 aliphatic carbocycles. The molecule has 0 radical (unpaired) electrons. The molecule has 0 bridgehead atoms. The molecular weight excluding hydrogens is 455 g/mol. The zero-order chi connectivity index (χ0) is 25.1. The van der Waals surface area contributed by atoms with Gasteiger partial charge in [-0.05, 0) is 72.7 Å². The van der Waals surface area contributed by atoms with Crippen LogP contribution in [0, 0.1) is 18.7 Å². The summed E-state index contributed by atoms with van der Waals surface area (Å²) in [6, 6.07) is 23.8. The lowest BCUT2D eigenvalue weighted by molar-refractivity contribution is 0.0716. The van der Waals surface area contributed by atoms with Crippen molar-refractivity contribution in [2.24, 2.45) is 11.7 Å². The van der Waals surface area contributed by atoms with Gasteiger partial charge in [-0.15, -0.1) is 0 Å². The molecule has 0 spiro atoms. The van der Waals surface area contributed by atoms with Crippen molar-refractivity contribution < 1.29 is 13.9 Å². The molecule has 1 saturated carbocycles. The van der Waals surface area contributed by atoms with Crippen molar-refractivity contribution in [3.05, 3.63) is 113 Å². The number of aryl methyl sites for hydroxylation is 1. The van der Waals surface area contributed by atoms with E-state index in [1.54, 1.807) is 29.8 Å². The van der Waals surface area contributed by atoms with Gasteiger partial charge in [-0.2, -0.15) is 5.10 Å². The summed E-state index contributed by atoms with van der Waals surface area (Å²) in [5, 5.41) is 7.16. The largest absolute Gasteiger partial charge is 0.368 e. The first kappa shape index (κ1) is 23.9. The second-order valence-electron chi connectivity index (χ2n) is 9.22. The zero-order valence-electron chi connectivity index (χ0n) is 20.2. The lowest BCUT2D eigenvalue weighted by atomic mass is 10.0. The van der Waals surface area contributed by atoms with Gasteiger partial charge in [0.25, 0.3) is 5.91 Å². The number of carbonyl (C=O) groups excluding carboxylic acids is 1. The topological polar surface area (TPSA) is 82.2 Å². The number of anilines is 1. The molecule has 3 aromatic carbocycles. The fourth-order valence-electron chi connectivity index (χ4n) is 4.18. The number of halogens is 1. The van der Waals surface area contributed by atoms with E-state index in [1.165, 1.54) is 18.9 Å². The monoisotopic (exact) mass is 484 g/mol. The fourth-order valence-corrected chi connectivity index (χ4v) is 4.18. The van der Waals surface area contributed by atoms with Crippen molar-refractivity contribution >= 4 is 11.6 Å². The maximum Gasteiger partial charge on any atom is 0.274 e. The number of nitrogens with one attached hydrogen (secondary N) is 1. The number of rotatable bonds is 9. The molecule has 1 fully saturated rings. The van der Waals surface area contributed by atoms with Gasteiger partial charge in [-0.1, -0.05) is 48.5 Å². The summed E-state index contributed by atoms with van der Waals surface area (Å²) in [5.41, 5.74) is 10.1. The lowest BCUT2D eigenvalue weighted by Gasteiger charge is -2.20. The van der Waals surface area contributed by atoms with Crippen molar-refractivity contribution in [1.82, 2.24) is 9.78 Å². The Morgan fingerprint density at radius 1 is 1.08 bits per heavy atom. The highest BCUT2D eigenvalue weighted by atomic mass is 19.1. The molecule has 0 aliphatic heterocycles. The van der Waals surface area contributed by atoms with Crippen molar-refractivity contribution in [2.75, 3.05) is 11.9 Å². The third-order valence-electron chi connectivity index (χ3n) is 6.30. The van der Waals surface area contributed by atoms with E-state index >= 15 is 4.39 Å². The van der Waals surface area contributed by atoms with E-state index in [1.807, 2.05) is 54.6 Å². The van der Waals surface area contributed by atoms with E-state index in [2.05, 4.69) is 10.4 Å². The average molecular weight is 485 g/mol. The fraction of sp³-hybridized carbons (Fsp3) is 0.241. The van der Waals surface area contributed by atoms with E-state index in [-0.39, 0.29) is 11.8 Å². The van der Waals surface area contributed by atoms with Gasteiger partial charge in [0.1, 0.15) is 17.6 Å². The van der Waals surface area contributed by atoms with Gasteiger partial charge < -0.3 is 15.8 Å². The van der Waals surface area contributed by atoms with Gasteiger partial charge >= 0.3 is 0 Å². The third-order valence-corrected chi connectivity index (χ3v) is 6.30. The molecule has 5 rings (SSSR count). The van der Waals surface area contributed by atoms with Crippen LogP contribution < -0.4 is 11.1 Å². The Morgan fingerprint density at radius 3 is 2.61 bits per heavy atom. The Hall–Kier alpha value is -3.81. The molecular formula is C29H29FN4O2. The highest BCUT2D eigenvalue weighted by Crippen LogP contribution is 2.34. The minimum absolute atomic E-state index is 0.0962. The minimum Gasteiger partial charge on any atom is -0.368 e. The first-order chi connectivity index (χ1) is 17.5. The van der Waals surface area contributed by atoms with Crippen LogP contribution in [0.3, 0.4) is 0 Å². The Labute approximate surface area is 209 Å². The molecule has 1 unspecified atom stereocenters. The second kappa shape index (κ2) is 10.4. The summed E-state index contributed by atoms with van der Waals surface area (Å²) in [6.45, 7) is 2.83. The number of amides is 1. The van der Waals surface area contributed by atoms with Crippen LogP contribution in [0.15, 0.2) is 78.9 Å². The van der Waals surface area contributed by atoms with Crippen LogP contribution in [0.5, 0.6) is 0 Å². The van der Waals surface area contributed by atoms with Gasteiger partial charge in [0.05, 0.1) is 23.7 Å². The normalized spacial score (nSPS) is 14.0. The van der Waals surface area contributed by atoms with Crippen LogP contribution in [0.1, 0.15) is 51.8 Å². The summed E-state index contributed by atoms with van der Waals surface area (Å²) in [5.74, 6) is -0.395. The van der Waals surface area contributed by atoms with Crippen LogP contribution >= 0.6 is 0 Å². The molecule has 1 atom stereocenters. The number of aromatic nitrogens is 2. The summed E-state index contributed by atoms with van der Waals surface area (Å²) in [4.78, 5) is 13.2. The predicted octanol–water partition coefficient (Wildman–Crippen LogP) is 5.55. The van der Waals surface area contributed by atoms with E-state index < -0.39 is 11.7 Å². The van der Waals surface area contributed by atoms with Gasteiger partial charge in [-0.25, -0.2) is 9.07 Å². The van der Waals surface area contributed by atoms with Gasteiger partial charge in [0, 0.05) is 6.54 Å². The SMILES string of the molecule is Cc1cc(C(=O)Nc2ccc(C(OCC3CC3)c3ccccc3)cc2F)n(-c2cccc(CN)c2)n1. The smallest absolute Gasteiger partial charge is 0.274 e. The van der Waals surface area contributed by atoms with Gasteiger partial charge in [-0.3, -0.25) is 4.79 Å². The number of nitrogens with two attached hydrogens (primary N) is 1. The number of hydrogen-bond donors (Lipinski definition) is 2. The first-order valence-electron chi connectivity index (χ1n) is 12.1. The summed E-state index contributed by atoms with van der Waals surface area (Å²) < 4.78 is 23.0. The quantitative estimate of drug-likeness (QED) is 0.327. The van der Waals surface area contributed by atoms with Crippen LogP contribution in [0.25, 0.3) is 5.69 Å². The maximum atomic E-state index is 15.2. The lowest BCUT2D eigenvalue weighted by Crippen LogP contribution is -2.18. The Balaban J connectivity index is 1.38. The van der Waals surface area contributed by atoms with E-state index in [0.29, 0.717) is 41.7 Å². The minimum atomic E-state index is -0.523. The maximum absolute atomic E-state index is 15.2. The number of carbonyl (C=O) groups is 1. The summed E-state index contributed by atoms with van der Waals surface area (Å²) in [7, 11) is 0. The van der Waals surface area contributed by atoms with Crippen molar-refractivity contribution in [3.63, 3.8) is 0 Å². The Bertz CT molecular complexity index is 1360. The second-order valence-corrected chi connectivity index (χ2v) is 9.22. The van der Waals surface area contributed by atoms with Crippen LogP contribution in [0.4, 0.5) is 10.1 Å². The molecule has 6 nitrogen and oxygen atoms in total. The summed E-state index contributed by atoms with van der Waals surface area (Å²) in [6.07, 6.45) is 1.98. The van der Waals surface area contributed by atoms with Crippen LogP contribution in [-0.4, -0.2) is 22.3 Å². The highest BCUT2D eigenvalue weighted by Gasteiger charge is 2.25. The molecule has 7 heteroatoms. The highest BCUT2D eigenvalue weighted by molar-refractivity contribution is 6.03. The first-order valence-corrected chi connectivity index (χ1v) is 12.1. The molecule has 3 N–H and O–H groups in total. The number of benzene rings is 3. The molecule has 1 heterocycles.